The van der Waals surface area contributed by atoms with Gasteiger partial charge in [-0.1, -0.05) is 0 Å². The SMILES string of the molecule is COC(=O)CCCNS(=O)(=O)O. The van der Waals surface area contributed by atoms with Crippen molar-refractivity contribution in [3.8, 4) is 0 Å². The van der Waals surface area contributed by atoms with E-state index in [0.717, 1.165) is 0 Å². The van der Waals surface area contributed by atoms with Gasteiger partial charge in [-0.15, -0.1) is 0 Å². The first-order valence-electron chi connectivity index (χ1n) is 3.24. The average Bonchev–Trinajstić information content (AvgIpc) is 1.96. The lowest BCUT2D eigenvalue weighted by Crippen LogP contribution is -2.24. The minimum Gasteiger partial charge on any atom is -0.469 e. The van der Waals surface area contributed by atoms with Crippen LogP contribution >= 0.6 is 0 Å². The Hall–Kier alpha value is -0.660. The summed E-state index contributed by atoms with van der Waals surface area (Å²) in [6.45, 7) is 0.0218. The molecule has 0 unspecified atom stereocenters. The summed E-state index contributed by atoms with van der Waals surface area (Å²) in [4.78, 5) is 10.5. The van der Waals surface area contributed by atoms with Crippen LogP contribution < -0.4 is 4.72 Å². The number of hydrogen-bond acceptors (Lipinski definition) is 4. The van der Waals surface area contributed by atoms with E-state index in [1.165, 1.54) is 7.11 Å². The third-order valence-corrected chi connectivity index (χ3v) is 1.64. The molecule has 6 nitrogen and oxygen atoms in total. The Balaban J connectivity index is 3.40. The summed E-state index contributed by atoms with van der Waals surface area (Å²) >= 11 is 0. The number of methoxy groups -OCH3 is 1. The topological polar surface area (TPSA) is 92.7 Å². The molecule has 12 heavy (non-hydrogen) atoms. The van der Waals surface area contributed by atoms with Crippen molar-refractivity contribution in [2.24, 2.45) is 0 Å². The van der Waals surface area contributed by atoms with Crippen LogP contribution in [0.5, 0.6) is 0 Å². The van der Waals surface area contributed by atoms with Gasteiger partial charge in [-0.3, -0.25) is 9.35 Å². The highest BCUT2D eigenvalue weighted by molar-refractivity contribution is 7.83. The molecular weight excluding hydrogens is 186 g/mol. The molecule has 0 amide bonds. The maximum Gasteiger partial charge on any atom is 0.333 e. The Morgan fingerprint density at radius 2 is 2.17 bits per heavy atom. The first kappa shape index (κ1) is 11.3. The van der Waals surface area contributed by atoms with Crippen molar-refractivity contribution in [1.82, 2.24) is 4.72 Å². The predicted octanol–water partition coefficient (Wildman–Crippen LogP) is -0.668. The fraction of sp³-hybridized carbons (Fsp3) is 0.800. The molecule has 0 fully saturated rings. The van der Waals surface area contributed by atoms with Crippen molar-refractivity contribution >= 4 is 16.3 Å². The number of hydrogen-bond donors (Lipinski definition) is 2. The summed E-state index contributed by atoms with van der Waals surface area (Å²) in [6.07, 6.45) is 0.422. The Morgan fingerprint density at radius 3 is 2.58 bits per heavy atom. The van der Waals surface area contributed by atoms with E-state index in [4.69, 9.17) is 4.55 Å². The van der Waals surface area contributed by atoms with Gasteiger partial charge in [-0.25, -0.2) is 0 Å². The summed E-state index contributed by atoms with van der Waals surface area (Å²) in [5, 5.41) is 0. The summed E-state index contributed by atoms with van der Waals surface area (Å²) in [5.41, 5.74) is 0. The molecule has 0 rings (SSSR count). The third-order valence-electron chi connectivity index (χ3n) is 1.07. The van der Waals surface area contributed by atoms with E-state index in [0.29, 0.717) is 6.42 Å². The summed E-state index contributed by atoms with van der Waals surface area (Å²) < 4.78 is 34.5. The zero-order valence-corrected chi connectivity index (χ0v) is 7.43. The van der Waals surface area contributed by atoms with Crippen LogP contribution in [0, 0.1) is 0 Å². The van der Waals surface area contributed by atoms with Gasteiger partial charge in [0.25, 0.3) is 0 Å². The molecule has 0 aromatic rings. The van der Waals surface area contributed by atoms with Gasteiger partial charge in [0.15, 0.2) is 0 Å². The molecule has 0 saturated heterocycles. The summed E-state index contributed by atoms with van der Waals surface area (Å²) in [7, 11) is -2.88. The molecule has 0 spiro atoms. The van der Waals surface area contributed by atoms with Crippen molar-refractivity contribution in [2.45, 2.75) is 12.8 Å². The highest BCUT2D eigenvalue weighted by atomic mass is 32.2. The van der Waals surface area contributed by atoms with Crippen molar-refractivity contribution in [3.05, 3.63) is 0 Å². The maximum absolute atomic E-state index is 10.5. The molecule has 0 heterocycles. The van der Waals surface area contributed by atoms with Gasteiger partial charge in [0.05, 0.1) is 7.11 Å². The number of carbonyl (C=O) groups is 1. The van der Waals surface area contributed by atoms with Gasteiger partial charge in [-0.05, 0) is 6.42 Å². The van der Waals surface area contributed by atoms with Gasteiger partial charge in [0.1, 0.15) is 0 Å². The Kier molecular flexibility index (Phi) is 4.79. The highest BCUT2D eigenvalue weighted by Gasteiger charge is 2.03. The zero-order valence-electron chi connectivity index (χ0n) is 6.61. The summed E-state index contributed by atoms with van der Waals surface area (Å²) in [5.74, 6) is -0.410. The molecule has 0 aliphatic rings. The van der Waals surface area contributed by atoms with E-state index in [2.05, 4.69) is 4.74 Å². The van der Waals surface area contributed by atoms with E-state index in [9.17, 15) is 13.2 Å². The van der Waals surface area contributed by atoms with Gasteiger partial charge in [0.2, 0.25) is 0 Å². The van der Waals surface area contributed by atoms with Crippen LogP contribution in [-0.2, 0) is 19.8 Å². The zero-order chi connectivity index (χ0) is 9.61. The molecule has 0 aromatic heterocycles. The van der Waals surface area contributed by atoms with Crippen molar-refractivity contribution in [3.63, 3.8) is 0 Å². The number of ether oxygens (including phenoxy) is 1. The molecule has 0 atom stereocenters. The molecule has 0 radical (unpaired) electrons. The largest absolute Gasteiger partial charge is 0.469 e. The molecule has 0 aliphatic heterocycles. The Morgan fingerprint density at radius 1 is 1.58 bits per heavy atom. The van der Waals surface area contributed by atoms with Crippen LogP contribution in [-0.4, -0.2) is 32.6 Å². The van der Waals surface area contributed by atoms with Crippen LogP contribution in [0.1, 0.15) is 12.8 Å². The lowest BCUT2D eigenvalue weighted by Gasteiger charge is -1.99. The second-order valence-corrected chi connectivity index (χ2v) is 3.29. The van der Waals surface area contributed by atoms with Gasteiger partial charge in [-0.2, -0.15) is 13.1 Å². The second-order valence-electron chi connectivity index (χ2n) is 2.05. The lowest BCUT2D eigenvalue weighted by atomic mass is 10.3. The molecule has 0 saturated carbocycles. The maximum atomic E-state index is 10.5. The molecular formula is C5H11NO5S. The van der Waals surface area contributed by atoms with Gasteiger partial charge in [0, 0.05) is 13.0 Å². The standard InChI is InChI=1S/C5H11NO5S/c1-11-5(7)3-2-4-6-12(8,9)10/h6H,2-4H2,1H3,(H,8,9,10). The molecule has 7 heteroatoms. The Labute approximate surface area is 70.8 Å². The number of esters is 1. The van der Waals surface area contributed by atoms with Crippen LogP contribution in [0.25, 0.3) is 0 Å². The fourth-order valence-corrected chi connectivity index (χ4v) is 0.938. The molecule has 2 N–H and O–H groups in total. The smallest absolute Gasteiger partial charge is 0.333 e. The van der Waals surface area contributed by atoms with Crippen LogP contribution in [0.4, 0.5) is 0 Å². The third kappa shape index (κ3) is 7.45. The van der Waals surface area contributed by atoms with E-state index in [1.54, 1.807) is 0 Å². The van der Waals surface area contributed by atoms with Crippen LogP contribution in [0.2, 0.25) is 0 Å². The van der Waals surface area contributed by atoms with E-state index >= 15 is 0 Å². The van der Waals surface area contributed by atoms with Crippen molar-refractivity contribution in [1.29, 1.82) is 0 Å². The first-order chi connectivity index (χ1) is 5.45. The van der Waals surface area contributed by atoms with Crippen molar-refractivity contribution in [2.75, 3.05) is 13.7 Å². The quantitative estimate of drug-likeness (QED) is 0.346. The van der Waals surface area contributed by atoms with Gasteiger partial charge < -0.3 is 4.74 Å². The fourth-order valence-electron chi connectivity index (χ4n) is 0.536. The summed E-state index contributed by atoms with van der Waals surface area (Å²) in [6, 6.07) is 0. The highest BCUT2D eigenvalue weighted by Crippen LogP contribution is 1.89. The molecule has 0 aliphatic carbocycles. The van der Waals surface area contributed by atoms with E-state index in [1.807, 2.05) is 4.72 Å². The number of carbonyl (C=O) groups excluding carboxylic acids is 1. The second kappa shape index (κ2) is 5.07. The van der Waals surface area contributed by atoms with Crippen LogP contribution in [0.3, 0.4) is 0 Å². The van der Waals surface area contributed by atoms with Gasteiger partial charge >= 0.3 is 16.3 Å². The predicted molar refractivity (Wildman–Crippen MR) is 40.8 cm³/mol. The normalized spacial score (nSPS) is 11.2. The van der Waals surface area contributed by atoms with Crippen LogP contribution in [0.15, 0.2) is 0 Å². The number of nitrogens with one attached hydrogen (secondary N) is 1. The van der Waals surface area contributed by atoms with E-state index < -0.39 is 16.3 Å². The molecule has 0 aromatic carbocycles. The average molecular weight is 197 g/mol. The monoisotopic (exact) mass is 197 g/mol. The molecule has 0 bridgehead atoms. The van der Waals surface area contributed by atoms with Crippen molar-refractivity contribution < 1.29 is 22.5 Å². The lowest BCUT2D eigenvalue weighted by molar-refractivity contribution is -0.140. The van der Waals surface area contributed by atoms with E-state index in [-0.39, 0.29) is 13.0 Å². The minimum absolute atomic E-state index is 0.0218. The minimum atomic E-state index is -4.13. The Bertz CT molecular complexity index is 234. The number of rotatable bonds is 5. The molecule has 72 valence electrons. The first-order valence-corrected chi connectivity index (χ1v) is 4.68.